The summed E-state index contributed by atoms with van der Waals surface area (Å²) in [4.78, 5) is 24.5. The standard InChI is InChI=1S/C21H19ClN2O5S/c1-3-29-21(26)18-5-4-12-24(18)30(27,28)19-13-16(22)10-11-17(19)23-20(25)15-8-6-14(2)7-9-15/h4-13H,3H2,1-2H3,(H,23,25). The van der Waals surface area contributed by atoms with Gasteiger partial charge in [-0.15, -0.1) is 0 Å². The van der Waals surface area contributed by atoms with Crippen LogP contribution in [-0.2, 0) is 14.8 Å². The van der Waals surface area contributed by atoms with Crippen LogP contribution < -0.4 is 5.32 Å². The summed E-state index contributed by atoms with van der Waals surface area (Å²) in [5, 5.41) is 2.77. The summed E-state index contributed by atoms with van der Waals surface area (Å²) in [6.45, 7) is 3.61. The fourth-order valence-corrected chi connectivity index (χ4v) is 4.50. The van der Waals surface area contributed by atoms with Gasteiger partial charge in [-0.25, -0.2) is 17.2 Å². The Morgan fingerprint density at radius 2 is 1.80 bits per heavy atom. The Hall–Kier alpha value is -3.10. The summed E-state index contributed by atoms with van der Waals surface area (Å²) in [6.07, 6.45) is 1.23. The van der Waals surface area contributed by atoms with E-state index in [-0.39, 0.29) is 27.9 Å². The van der Waals surface area contributed by atoms with E-state index in [1.54, 1.807) is 31.2 Å². The topological polar surface area (TPSA) is 94.5 Å². The van der Waals surface area contributed by atoms with Crippen LogP contribution in [0, 0.1) is 6.92 Å². The van der Waals surface area contributed by atoms with Crippen molar-refractivity contribution in [2.24, 2.45) is 0 Å². The molecule has 0 saturated carbocycles. The number of esters is 1. The molecule has 3 aromatic rings. The Balaban J connectivity index is 2.03. The maximum Gasteiger partial charge on any atom is 0.355 e. The minimum atomic E-state index is -4.26. The van der Waals surface area contributed by atoms with Gasteiger partial charge in [0.15, 0.2) is 0 Å². The molecule has 0 unspecified atom stereocenters. The van der Waals surface area contributed by atoms with E-state index in [0.717, 1.165) is 9.54 Å². The molecule has 0 aliphatic rings. The third kappa shape index (κ3) is 4.39. The molecule has 0 fully saturated rings. The molecule has 0 aliphatic carbocycles. The second kappa shape index (κ2) is 8.73. The molecule has 7 nitrogen and oxygen atoms in total. The first-order valence-electron chi connectivity index (χ1n) is 9.01. The molecule has 30 heavy (non-hydrogen) atoms. The van der Waals surface area contributed by atoms with Crippen LogP contribution in [-0.4, -0.2) is 30.9 Å². The Morgan fingerprint density at radius 3 is 2.47 bits per heavy atom. The highest BCUT2D eigenvalue weighted by atomic mass is 35.5. The SMILES string of the molecule is CCOC(=O)c1cccn1S(=O)(=O)c1cc(Cl)ccc1NC(=O)c1ccc(C)cc1. The molecule has 0 saturated heterocycles. The smallest absolute Gasteiger partial charge is 0.355 e. The van der Waals surface area contributed by atoms with Gasteiger partial charge in [0.05, 0.1) is 12.3 Å². The number of ether oxygens (including phenoxy) is 1. The molecule has 1 heterocycles. The lowest BCUT2D eigenvalue weighted by atomic mass is 10.1. The number of aromatic nitrogens is 1. The maximum absolute atomic E-state index is 13.3. The Labute approximate surface area is 179 Å². The molecular formula is C21H19ClN2O5S. The van der Waals surface area contributed by atoms with Gasteiger partial charge in [-0.1, -0.05) is 29.3 Å². The van der Waals surface area contributed by atoms with Gasteiger partial charge in [0.1, 0.15) is 10.6 Å². The Morgan fingerprint density at radius 1 is 1.10 bits per heavy atom. The summed E-state index contributed by atoms with van der Waals surface area (Å²) in [6, 6.07) is 13.7. The molecule has 0 radical (unpaired) electrons. The molecule has 0 aliphatic heterocycles. The summed E-state index contributed by atoms with van der Waals surface area (Å²) in [7, 11) is -4.26. The van der Waals surface area contributed by atoms with Crippen molar-refractivity contribution >= 4 is 39.2 Å². The molecule has 1 N–H and O–H groups in total. The van der Waals surface area contributed by atoms with Gasteiger partial charge in [0.25, 0.3) is 15.9 Å². The van der Waals surface area contributed by atoms with Crippen molar-refractivity contribution < 1.29 is 22.7 Å². The van der Waals surface area contributed by atoms with Crippen molar-refractivity contribution in [1.82, 2.24) is 3.97 Å². The van der Waals surface area contributed by atoms with E-state index < -0.39 is 21.9 Å². The predicted octanol–water partition coefficient (Wildman–Crippen LogP) is 4.12. The zero-order chi connectivity index (χ0) is 21.9. The normalized spacial score (nSPS) is 11.2. The summed E-state index contributed by atoms with van der Waals surface area (Å²) in [5.74, 6) is -1.26. The number of amides is 1. The van der Waals surface area contributed by atoms with Crippen molar-refractivity contribution in [3.05, 3.63) is 82.6 Å². The Bertz CT molecular complexity index is 1200. The largest absolute Gasteiger partial charge is 0.461 e. The van der Waals surface area contributed by atoms with E-state index in [1.165, 1.54) is 36.5 Å². The fraction of sp³-hybridized carbons (Fsp3) is 0.143. The van der Waals surface area contributed by atoms with E-state index >= 15 is 0 Å². The zero-order valence-corrected chi connectivity index (χ0v) is 17.8. The molecule has 1 aromatic heterocycles. The van der Waals surface area contributed by atoms with E-state index in [9.17, 15) is 18.0 Å². The monoisotopic (exact) mass is 446 g/mol. The minimum absolute atomic E-state index is 0.0356. The van der Waals surface area contributed by atoms with Crippen LogP contribution in [0.15, 0.2) is 65.7 Å². The van der Waals surface area contributed by atoms with Crippen LogP contribution in [0.5, 0.6) is 0 Å². The van der Waals surface area contributed by atoms with Crippen molar-refractivity contribution in [3.8, 4) is 0 Å². The number of nitrogens with one attached hydrogen (secondary N) is 1. The first-order chi connectivity index (χ1) is 14.2. The zero-order valence-electron chi connectivity index (χ0n) is 16.3. The summed E-state index contributed by atoms with van der Waals surface area (Å²) >= 11 is 6.03. The average Bonchev–Trinajstić information content (AvgIpc) is 3.21. The number of anilines is 1. The second-order valence-corrected chi connectivity index (χ2v) is 8.60. The fourth-order valence-electron chi connectivity index (χ4n) is 2.76. The molecule has 9 heteroatoms. The average molecular weight is 447 g/mol. The molecule has 156 valence electrons. The van der Waals surface area contributed by atoms with E-state index in [4.69, 9.17) is 16.3 Å². The summed E-state index contributed by atoms with van der Waals surface area (Å²) < 4.78 is 32.3. The second-order valence-electron chi connectivity index (χ2n) is 6.38. The lowest BCUT2D eigenvalue weighted by Gasteiger charge is -2.15. The number of carbonyl (C=O) groups is 2. The highest BCUT2D eigenvalue weighted by molar-refractivity contribution is 7.90. The predicted molar refractivity (Wildman–Crippen MR) is 114 cm³/mol. The van der Waals surface area contributed by atoms with Crippen LogP contribution in [0.1, 0.15) is 33.3 Å². The van der Waals surface area contributed by atoms with E-state index in [1.807, 2.05) is 6.92 Å². The van der Waals surface area contributed by atoms with Crippen molar-refractivity contribution in [2.75, 3.05) is 11.9 Å². The third-order valence-electron chi connectivity index (χ3n) is 4.24. The third-order valence-corrected chi connectivity index (χ3v) is 6.21. The summed E-state index contributed by atoms with van der Waals surface area (Å²) in [5.41, 5.74) is 1.23. The first kappa shape index (κ1) is 21.6. The molecule has 2 aromatic carbocycles. The highest BCUT2D eigenvalue weighted by Gasteiger charge is 2.27. The highest BCUT2D eigenvalue weighted by Crippen LogP contribution is 2.29. The number of rotatable bonds is 6. The van der Waals surface area contributed by atoms with Crippen LogP contribution in [0.25, 0.3) is 0 Å². The molecule has 1 amide bonds. The van der Waals surface area contributed by atoms with Crippen molar-refractivity contribution in [1.29, 1.82) is 0 Å². The van der Waals surface area contributed by atoms with Gasteiger partial charge in [0.2, 0.25) is 0 Å². The lowest BCUT2D eigenvalue weighted by Crippen LogP contribution is -2.21. The quantitative estimate of drug-likeness (QED) is 0.575. The maximum atomic E-state index is 13.3. The first-order valence-corrected chi connectivity index (χ1v) is 10.8. The number of benzene rings is 2. The van der Waals surface area contributed by atoms with Gasteiger partial charge in [0, 0.05) is 16.8 Å². The van der Waals surface area contributed by atoms with Gasteiger partial charge >= 0.3 is 5.97 Å². The lowest BCUT2D eigenvalue weighted by molar-refractivity contribution is 0.0518. The van der Waals surface area contributed by atoms with Gasteiger partial charge < -0.3 is 10.1 Å². The number of hydrogen-bond acceptors (Lipinski definition) is 5. The number of carbonyl (C=O) groups excluding carboxylic acids is 2. The van der Waals surface area contributed by atoms with Gasteiger partial charge in [-0.05, 0) is 56.3 Å². The van der Waals surface area contributed by atoms with Gasteiger partial charge in [-0.3, -0.25) is 4.79 Å². The van der Waals surface area contributed by atoms with Gasteiger partial charge in [-0.2, -0.15) is 0 Å². The molecular weight excluding hydrogens is 428 g/mol. The van der Waals surface area contributed by atoms with Crippen molar-refractivity contribution in [2.45, 2.75) is 18.7 Å². The molecule has 0 atom stereocenters. The van der Waals surface area contributed by atoms with Crippen LogP contribution in [0.2, 0.25) is 5.02 Å². The van der Waals surface area contributed by atoms with Crippen LogP contribution in [0.4, 0.5) is 5.69 Å². The minimum Gasteiger partial charge on any atom is -0.461 e. The van der Waals surface area contributed by atoms with E-state index in [2.05, 4.69) is 5.32 Å². The molecule has 0 spiro atoms. The van der Waals surface area contributed by atoms with E-state index in [0.29, 0.717) is 5.56 Å². The number of hydrogen-bond donors (Lipinski definition) is 1. The molecule has 3 rings (SSSR count). The number of aryl methyl sites for hydroxylation is 1. The van der Waals surface area contributed by atoms with Crippen molar-refractivity contribution in [3.63, 3.8) is 0 Å². The number of halogens is 1. The van der Waals surface area contributed by atoms with Crippen LogP contribution >= 0.6 is 11.6 Å². The Kier molecular flexibility index (Phi) is 6.28. The number of nitrogens with zero attached hydrogens (tertiary/aromatic N) is 1. The molecule has 0 bridgehead atoms. The van der Waals surface area contributed by atoms with Crippen LogP contribution in [0.3, 0.4) is 0 Å².